The van der Waals surface area contributed by atoms with Crippen LogP contribution in [0.1, 0.15) is 24.1 Å². The molecular weight excluding hydrogens is 523 g/mol. The van der Waals surface area contributed by atoms with Gasteiger partial charge in [-0.2, -0.15) is 9.97 Å². The fraction of sp³-hybridized carbons (Fsp3) is 0.452. The third-order valence-corrected chi connectivity index (χ3v) is 8.34. The molecule has 3 aliphatic rings. The van der Waals surface area contributed by atoms with E-state index < -0.39 is 6.17 Å². The lowest BCUT2D eigenvalue weighted by molar-refractivity contribution is -0.126. The molecule has 0 saturated carbocycles. The molecule has 2 fully saturated rings. The molecule has 3 aromatic rings. The van der Waals surface area contributed by atoms with Gasteiger partial charge in [0.1, 0.15) is 24.3 Å². The van der Waals surface area contributed by atoms with Gasteiger partial charge in [0.2, 0.25) is 5.91 Å². The molecule has 0 aliphatic carbocycles. The first kappa shape index (κ1) is 27.3. The van der Waals surface area contributed by atoms with Crippen LogP contribution in [0.3, 0.4) is 0 Å². The van der Waals surface area contributed by atoms with E-state index in [1.807, 2.05) is 24.3 Å². The normalized spacial score (nSPS) is 19.7. The predicted molar refractivity (Wildman–Crippen MR) is 157 cm³/mol. The third-order valence-electron chi connectivity index (χ3n) is 8.34. The molecule has 41 heavy (non-hydrogen) atoms. The quantitative estimate of drug-likeness (QED) is 0.440. The maximum Gasteiger partial charge on any atom is 0.318 e. The topological polar surface area (TPSA) is 85.3 Å². The van der Waals surface area contributed by atoms with E-state index in [0.717, 1.165) is 59.5 Å². The molecule has 9 nitrogen and oxygen atoms in total. The molecule has 0 radical (unpaired) electrons. The van der Waals surface area contributed by atoms with E-state index in [-0.39, 0.29) is 11.7 Å². The summed E-state index contributed by atoms with van der Waals surface area (Å²) in [5, 5.41) is 12.5. The highest BCUT2D eigenvalue weighted by molar-refractivity contribution is 5.95. The highest BCUT2D eigenvalue weighted by Crippen LogP contribution is 2.36. The molecule has 0 bridgehead atoms. The highest BCUT2D eigenvalue weighted by Gasteiger charge is 2.29. The molecule has 1 atom stereocenters. The lowest BCUT2D eigenvalue weighted by atomic mass is 10.0. The number of halogens is 1. The van der Waals surface area contributed by atoms with E-state index in [4.69, 9.17) is 14.7 Å². The van der Waals surface area contributed by atoms with Crippen molar-refractivity contribution in [2.24, 2.45) is 0 Å². The number of carbonyl (C=O) groups is 1. The zero-order valence-electron chi connectivity index (χ0n) is 23.3. The molecule has 216 valence electrons. The summed E-state index contributed by atoms with van der Waals surface area (Å²) in [6, 6.07) is 12.0. The second-order valence-corrected chi connectivity index (χ2v) is 11.0. The fourth-order valence-corrected chi connectivity index (χ4v) is 6.19. The van der Waals surface area contributed by atoms with Crippen molar-refractivity contribution in [3.05, 3.63) is 60.3 Å². The third kappa shape index (κ3) is 5.93. The second kappa shape index (κ2) is 11.9. The molecule has 1 N–H and O–H groups in total. The molecule has 1 amide bonds. The zero-order valence-corrected chi connectivity index (χ0v) is 23.3. The van der Waals surface area contributed by atoms with Crippen molar-refractivity contribution in [2.45, 2.75) is 32.0 Å². The van der Waals surface area contributed by atoms with Gasteiger partial charge in [-0.25, -0.2) is 4.39 Å². The summed E-state index contributed by atoms with van der Waals surface area (Å²) in [4.78, 5) is 30.3. The van der Waals surface area contributed by atoms with Crippen LogP contribution in [0.5, 0.6) is 11.8 Å². The Labute approximate surface area is 239 Å². The van der Waals surface area contributed by atoms with Crippen molar-refractivity contribution >= 4 is 28.2 Å². The molecule has 6 rings (SSSR count). The second-order valence-electron chi connectivity index (χ2n) is 11.0. The standard InChI is InChI=1S/C31H37FN6O3/c1-2-29(40)36-12-14-37(15-13-36)30-26-9-11-38(28-19-24(39)18-22-6-3-4-8-25(22)28)21-27(26)33-31(34-30)41-17-16-35-10-5-7-23(32)20-35/h2-4,6,8,18-19,23,39H,1,5,7,9-17,20-21H2/t23-/m0/s1. The number of phenolic OH excluding ortho intramolecular Hbond substituents is 1. The Balaban J connectivity index is 1.26. The number of alkyl halides is 1. The van der Waals surface area contributed by atoms with Crippen molar-refractivity contribution in [3.8, 4) is 11.8 Å². The first-order valence-electron chi connectivity index (χ1n) is 14.5. The number of likely N-dealkylation sites (tertiary alicyclic amines) is 1. The van der Waals surface area contributed by atoms with E-state index in [2.05, 4.69) is 27.3 Å². The molecule has 3 aliphatic heterocycles. The van der Waals surface area contributed by atoms with E-state index in [1.54, 1.807) is 11.0 Å². The number of hydrogen-bond donors (Lipinski definition) is 1. The minimum absolute atomic E-state index is 0.0550. The smallest absolute Gasteiger partial charge is 0.318 e. The molecule has 0 unspecified atom stereocenters. The van der Waals surface area contributed by atoms with E-state index in [0.29, 0.717) is 64.9 Å². The maximum atomic E-state index is 13.9. The molecular formula is C31H37FN6O3. The lowest BCUT2D eigenvalue weighted by Gasteiger charge is -2.38. The Hall–Kier alpha value is -3.92. The Bertz CT molecular complexity index is 1430. The summed E-state index contributed by atoms with van der Waals surface area (Å²) in [6.07, 6.45) is 2.82. The van der Waals surface area contributed by atoms with Crippen molar-refractivity contribution in [3.63, 3.8) is 0 Å². The number of carbonyl (C=O) groups excluding carboxylic acids is 1. The van der Waals surface area contributed by atoms with Crippen LogP contribution in [-0.2, 0) is 17.8 Å². The van der Waals surface area contributed by atoms with Crippen molar-refractivity contribution in [1.82, 2.24) is 19.8 Å². The van der Waals surface area contributed by atoms with Crippen LogP contribution < -0.4 is 14.5 Å². The fourth-order valence-electron chi connectivity index (χ4n) is 6.19. The number of fused-ring (bicyclic) bond motifs is 2. The average Bonchev–Trinajstić information content (AvgIpc) is 2.99. The van der Waals surface area contributed by atoms with Gasteiger partial charge in [0.15, 0.2) is 0 Å². The number of ether oxygens (including phenoxy) is 1. The zero-order chi connectivity index (χ0) is 28.3. The summed E-state index contributed by atoms with van der Waals surface area (Å²) >= 11 is 0. The monoisotopic (exact) mass is 560 g/mol. The van der Waals surface area contributed by atoms with Crippen molar-refractivity contribution < 1.29 is 19.0 Å². The van der Waals surface area contributed by atoms with Gasteiger partial charge in [-0.1, -0.05) is 30.8 Å². The maximum absolute atomic E-state index is 13.9. The minimum Gasteiger partial charge on any atom is -0.508 e. The lowest BCUT2D eigenvalue weighted by Crippen LogP contribution is -2.49. The number of amides is 1. The van der Waals surface area contributed by atoms with Crippen LogP contribution >= 0.6 is 0 Å². The van der Waals surface area contributed by atoms with Crippen molar-refractivity contribution in [1.29, 1.82) is 0 Å². The van der Waals surface area contributed by atoms with Crippen LogP contribution in [0.2, 0.25) is 0 Å². The molecule has 2 saturated heterocycles. The number of benzene rings is 2. The number of aromatic nitrogens is 2. The summed E-state index contributed by atoms with van der Waals surface area (Å²) in [7, 11) is 0. The number of nitrogens with zero attached hydrogens (tertiary/aromatic N) is 6. The first-order chi connectivity index (χ1) is 20.0. The molecule has 10 heteroatoms. The summed E-state index contributed by atoms with van der Waals surface area (Å²) in [6.45, 7) is 9.78. The van der Waals surface area contributed by atoms with E-state index in [9.17, 15) is 14.3 Å². The molecule has 2 aromatic carbocycles. The number of hydrogen-bond acceptors (Lipinski definition) is 8. The van der Waals surface area contributed by atoms with Gasteiger partial charge in [0, 0.05) is 68.5 Å². The average molecular weight is 561 g/mol. The number of piperazine rings is 1. The largest absolute Gasteiger partial charge is 0.508 e. The van der Waals surface area contributed by atoms with Crippen LogP contribution in [0.25, 0.3) is 10.8 Å². The number of anilines is 2. The molecule has 1 aromatic heterocycles. The summed E-state index contributed by atoms with van der Waals surface area (Å²) < 4.78 is 20.0. The SMILES string of the molecule is C=CC(=O)N1CCN(c2nc(OCCN3CCC[C@H](F)C3)nc3c2CCN(c2cc(O)cc4ccccc24)C3)CC1. The molecule has 0 spiro atoms. The Morgan fingerprint density at radius 2 is 1.93 bits per heavy atom. The van der Waals surface area contributed by atoms with E-state index in [1.165, 1.54) is 6.08 Å². The van der Waals surface area contributed by atoms with Crippen LogP contribution in [0.15, 0.2) is 49.1 Å². The molecule has 4 heterocycles. The van der Waals surface area contributed by atoms with Gasteiger partial charge in [-0.05, 0) is 43.3 Å². The van der Waals surface area contributed by atoms with Gasteiger partial charge in [-0.3, -0.25) is 9.69 Å². The Kier molecular flexibility index (Phi) is 7.91. The van der Waals surface area contributed by atoms with Crippen LogP contribution in [-0.4, -0.2) is 95.9 Å². The number of aromatic hydroxyl groups is 1. The van der Waals surface area contributed by atoms with Crippen LogP contribution in [0, 0.1) is 0 Å². The van der Waals surface area contributed by atoms with Gasteiger partial charge in [0.25, 0.3) is 0 Å². The highest BCUT2D eigenvalue weighted by atomic mass is 19.1. The van der Waals surface area contributed by atoms with Gasteiger partial charge < -0.3 is 24.5 Å². The Morgan fingerprint density at radius 1 is 1.10 bits per heavy atom. The summed E-state index contributed by atoms with van der Waals surface area (Å²) in [5.41, 5.74) is 2.96. The van der Waals surface area contributed by atoms with Gasteiger partial charge in [0.05, 0.1) is 12.2 Å². The van der Waals surface area contributed by atoms with Gasteiger partial charge in [-0.15, -0.1) is 0 Å². The number of piperidine rings is 1. The predicted octanol–water partition coefficient (Wildman–Crippen LogP) is 3.55. The summed E-state index contributed by atoms with van der Waals surface area (Å²) in [5.74, 6) is 1.04. The van der Waals surface area contributed by atoms with E-state index >= 15 is 0 Å². The van der Waals surface area contributed by atoms with Crippen LogP contribution in [0.4, 0.5) is 15.9 Å². The Morgan fingerprint density at radius 3 is 2.73 bits per heavy atom. The number of rotatable bonds is 7. The number of phenols is 1. The first-order valence-corrected chi connectivity index (χ1v) is 14.5. The van der Waals surface area contributed by atoms with Crippen molar-refractivity contribution in [2.75, 3.05) is 68.8 Å². The van der Waals surface area contributed by atoms with Gasteiger partial charge >= 0.3 is 6.01 Å². The minimum atomic E-state index is -0.776.